The topological polar surface area (TPSA) is 86.9 Å². The molecule has 1 amide bonds. The number of carbonyl (C=O) groups excluding carboxylic acids is 1. The highest BCUT2D eigenvalue weighted by Crippen LogP contribution is 2.11. The lowest BCUT2D eigenvalue weighted by Crippen LogP contribution is -2.48. The fourth-order valence-electron chi connectivity index (χ4n) is 2.25. The molecule has 1 saturated heterocycles. The van der Waals surface area contributed by atoms with E-state index in [1.807, 2.05) is 18.7 Å². The summed E-state index contributed by atoms with van der Waals surface area (Å²) in [6.45, 7) is 6.60. The van der Waals surface area contributed by atoms with E-state index in [2.05, 4.69) is 0 Å². The summed E-state index contributed by atoms with van der Waals surface area (Å²) < 4.78 is 0. The van der Waals surface area contributed by atoms with E-state index in [1.165, 1.54) is 0 Å². The molecular formula is C13H25N3O3. The largest absolute Gasteiger partial charge is 0.480 e. The predicted molar refractivity (Wildman–Crippen MR) is 72.7 cm³/mol. The zero-order valence-electron chi connectivity index (χ0n) is 11.8. The quantitative estimate of drug-likeness (QED) is 0.734. The van der Waals surface area contributed by atoms with Gasteiger partial charge in [0.15, 0.2) is 0 Å². The summed E-state index contributed by atoms with van der Waals surface area (Å²) in [4.78, 5) is 26.6. The number of carbonyl (C=O) groups is 2. The molecule has 2 atom stereocenters. The number of amides is 1. The van der Waals surface area contributed by atoms with E-state index in [9.17, 15) is 9.59 Å². The van der Waals surface area contributed by atoms with Crippen molar-refractivity contribution in [2.45, 2.75) is 32.7 Å². The maximum atomic E-state index is 12.2. The molecule has 0 aliphatic carbocycles. The highest BCUT2D eigenvalue weighted by molar-refractivity contribution is 5.82. The average Bonchev–Trinajstić information content (AvgIpc) is 2.61. The van der Waals surface area contributed by atoms with Gasteiger partial charge in [-0.2, -0.15) is 0 Å². The highest BCUT2D eigenvalue weighted by Gasteiger charge is 2.26. The van der Waals surface area contributed by atoms with Crippen LogP contribution in [-0.4, -0.2) is 65.5 Å². The third-order valence-electron chi connectivity index (χ3n) is 3.80. The molecule has 1 rings (SSSR count). The van der Waals surface area contributed by atoms with Crippen LogP contribution in [0.25, 0.3) is 0 Å². The third-order valence-corrected chi connectivity index (χ3v) is 3.80. The minimum Gasteiger partial charge on any atom is -0.480 e. The van der Waals surface area contributed by atoms with E-state index in [0.29, 0.717) is 26.2 Å². The van der Waals surface area contributed by atoms with Gasteiger partial charge >= 0.3 is 5.97 Å². The first-order valence-electron chi connectivity index (χ1n) is 6.94. The zero-order valence-corrected chi connectivity index (χ0v) is 11.8. The lowest BCUT2D eigenvalue weighted by molar-refractivity contribution is -0.138. The van der Waals surface area contributed by atoms with E-state index in [0.717, 1.165) is 12.8 Å². The monoisotopic (exact) mass is 271 g/mol. The molecule has 2 unspecified atom stereocenters. The Hall–Kier alpha value is -1.14. The van der Waals surface area contributed by atoms with Gasteiger partial charge in [-0.25, -0.2) is 0 Å². The summed E-state index contributed by atoms with van der Waals surface area (Å²) in [6, 6.07) is -0.448. The summed E-state index contributed by atoms with van der Waals surface area (Å²) in [5.41, 5.74) is 5.97. The van der Waals surface area contributed by atoms with Crippen molar-refractivity contribution in [1.29, 1.82) is 0 Å². The number of nitrogens with two attached hydrogens (primary N) is 1. The van der Waals surface area contributed by atoms with Crippen LogP contribution < -0.4 is 5.73 Å². The van der Waals surface area contributed by atoms with Gasteiger partial charge in [-0.1, -0.05) is 20.3 Å². The van der Waals surface area contributed by atoms with Crippen molar-refractivity contribution in [1.82, 2.24) is 9.80 Å². The number of rotatable bonds is 5. The highest BCUT2D eigenvalue weighted by atomic mass is 16.4. The van der Waals surface area contributed by atoms with Crippen LogP contribution in [0.1, 0.15) is 26.7 Å². The smallest absolute Gasteiger partial charge is 0.317 e. The first kappa shape index (κ1) is 15.9. The second kappa shape index (κ2) is 7.45. The number of carboxylic acid groups (broad SMARTS) is 1. The van der Waals surface area contributed by atoms with E-state index in [4.69, 9.17) is 10.8 Å². The van der Waals surface area contributed by atoms with Gasteiger partial charge in [-0.05, 0) is 12.3 Å². The molecule has 6 heteroatoms. The van der Waals surface area contributed by atoms with Gasteiger partial charge in [0.05, 0.1) is 12.6 Å². The van der Waals surface area contributed by atoms with Gasteiger partial charge in [0.25, 0.3) is 0 Å². The van der Waals surface area contributed by atoms with E-state index >= 15 is 0 Å². The number of hydrogen-bond donors (Lipinski definition) is 2. The summed E-state index contributed by atoms with van der Waals surface area (Å²) in [5.74, 6) is -0.659. The molecule has 19 heavy (non-hydrogen) atoms. The summed E-state index contributed by atoms with van der Waals surface area (Å²) in [6.07, 6.45) is 1.68. The molecule has 1 aliphatic rings. The Kier molecular flexibility index (Phi) is 6.24. The number of hydrogen-bond acceptors (Lipinski definition) is 4. The van der Waals surface area contributed by atoms with Crippen molar-refractivity contribution in [2.24, 2.45) is 11.7 Å². The average molecular weight is 271 g/mol. The number of carboxylic acids is 1. The van der Waals surface area contributed by atoms with Gasteiger partial charge in [-0.3, -0.25) is 14.5 Å². The number of nitrogens with zero attached hydrogens (tertiary/aromatic N) is 2. The van der Waals surface area contributed by atoms with Gasteiger partial charge in [-0.15, -0.1) is 0 Å². The minimum atomic E-state index is -0.823. The van der Waals surface area contributed by atoms with Crippen molar-refractivity contribution < 1.29 is 14.7 Å². The second-order valence-corrected chi connectivity index (χ2v) is 5.26. The van der Waals surface area contributed by atoms with Crippen molar-refractivity contribution in [3.05, 3.63) is 0 Å². The van der Waals surface area contributed by atoms with Gasteiger partial charge in [0, 0.05) is 26.2 Å². The Morgan fingerprint density at radius 2 is 1.95 bits per heavy atom. The summed E-state index contributed by atoms with van der Waals surface area (Å²) in [5, 5.41) is 8.78. The SMILES string of the molecule is CCC(C)C(N)C(=O)N1CCCN(CC(=O)O)CC1. The van der Waals surface area contributed by atoms with E-state index in [-0.39, 0.29) is 18.4 Å². The third kappa shape index (κ3) is 4.80. The lowest BCUT2D eigenvalue weighted by Gasteiger charge is -2.27. The van der Waals surface area contributed by atoms with E-state index in [1.54, 1.807) is 4.90 Å². The summed E-state index contributed by atoms with van der Waals surface area (Å²) in [7, 11) is 0. The molecule has 0 saturated carbocycles. The van der Waals surface area contributed by atoms with Crippen LogP contribution in [0.3, 0.4) is 0 Å². The van der Waals surface area contributed by atoms with Crippen molar-refractivity contribution >= 4 is 11.9 Å². The molecule has 0 radical (unpaired) electrons. The van der Waals surface area contributed by atoms with Crippen molar-refractivity contribution in [2.75, 3.05) is 32.7 Å². The molecular weight excluding hydrogens is 246 g/mol. The van der Waals surface area contributed by atoms with Gasteiger partial charge in [0.2, 0.25) is 5.91 Å². The van der Waals surface area contributed by atoms with Gasteiger partial charge in [0.1, 0.15) is 0 Å². The van der Waals surface area contributed by atoms with Crippen LogP contribution in [0.2, 0.25) is 0 Å². The van der Waals surface area contributed by atoms with Crippen LogP contribution in [-0.2, 0) is 9.59 Å². The molecule has 110 valence electrons. The predicted octanol–water partition coefficient (Wildman–Crippen LogP) is -0.0213. The molecule has 6 nitrogen and oxygen atoms in total. The number of aliphatic carboxylic acids is 1. The van der Waals surface area contributed by atoms with Crippen LogP contribution >= 0.6 is 0 Å². The molecule has 0 aromatic carbocycles. The molecule has 1 aliphatic heterocycles. The van der Waals surface area contributed by atoms with Crippen molar-refractivity contribution in [3.63, 3.8) is 0 Å². The summed E-state index contributed by atoms with van der Waals surface area (Å²) >= 11 is 0. The Balaban J connectivity index is 2.52. The second-order valence-electron chi connectivity index (χ2n) is 5.26. The van der Waals surface area contributed by atoms with E-state index < -0.39 is 12.0 Å². The van der Waals surface area contributed by atoms with Crippen LogP contribution in [0.4, 0.5) is 0 Å². The standard InChI is InChI=1S/C13H25N3O3/c1-3-10(2)12(14)13(19)16-6-4-5-15(7-8-16)9-11(17)18/h10,12H,3-9,14H2,1-2H3,(H,17,18). The normalized spacial score (nSPS) is 20.7. The van der Waals surface area contributed by atoms with Crippen LogP contribution in [0, 0.1) is 5.92 Å². The molecule has 0 bridgehead atoms. The molecule has 1 heterocycles. The molecule has 0 aromatic rings. The molecule has 3 N–H and O–H groups in total. The first-order valence-corrected chi connectivity index (χ1v) is 6.94. The Morgan fingerprint density at radius 1 is 1.26 bits per heavy atom. The fourth-order valence-corrected chi connectivity index (χ4v) is 2.25. The maximum Gasteiger partial charge on any atom is 0.317 e. The van der Waals surface area contributed by atoms with Gasteiger partial charge < -0.3 is 15.7 Å². The molecule has 0 spiro atoms. The minimum absolute atomic E-state index is 0.00785. The van der Waals surface area contributed by atoms with Crippen molar-refractivity contribution in [3.8, 4) is 0 Å². The van der Waals surface area contributed by atoms with Crippen LogP contribution in [0.15, 0.2) is 0 Å². The fraction of sp³-hybridized carbons (Fsp3) is 0.846. The zero-order chi connectivity index (χ0) is 14.4. The van der Waals surface area contributed by atoms with Crippen LogP contribution in [0.5, 0.6) is 0 Å². The maximum absolute atomic E-state index is 12.2. The molecule has 1 fully saturated rings. The first-order chi connectivity index (χ1) is 8.95. The Bertz CT molecular complexity index is 322. The Morgan fingerprint density at radius 3 is 2.53 bits per heavy atom. The Labute approximate surface area is 114 Å². The lowest BCUT2D eigenvalue weighted by atomic mass is 9.99. The molecule has 0 aromatic heterocycles.